The Morgan fingerprint density at radius 2 is 2.57 bits per heavy atom. The molecular formula is C10H17N3S. The fraction of sp³-hybridized carbons (Fsp3) is 0.700. The van der Waals surface area contributed by atoms with Crippen LogP contribution in [0.15, 0.2) is 11.7 Å². The number of thiazole rings is 1. The van der Waals surface area contributed by atoms with Crippen LogP contribution >= 0.6 is 11.3 Å². The first-order valence-corrected chi connectivity index (χ1v) is 6.01. The second kappa shape index (κ2) is 4.38. The molecule has 1 aliphatic heterocycles. The molecule has 1 aromatic heterocycles. The van der Waals surface area contributed by atoms with Gasteiger partial charge in [0.25, 0.3) is 0 Å². The van der Waals surface area contributed by atoms with Gasteiger partial charge in [-0.15, -0.1) is 11.3 Å². The van der Waals surface area contributed by atoms with Crippen LogP contribution in [0.3, 0.4) is 0 Å². The van der Waals surface area contributed by atoms with Gasteiger partial charge in [0.05, 0.1) is 5.51 Å². The highest BCUT2D eigenvalue weighted by Crippen LogP contribution is 2.33. The van der Waals surface area contributed by atoms with E-state index in [1.807, 2.05) is 11.7 Å². The van der Waals surface area contributed by atoms with Crippen LogP contribution in [-0.2, 0) is 0 Å². The zero-order valence-corrected chi connectivity index (χ0v) is 9.26. The van der Waals surface area contributed by atoms with Gasteiger partial charge in [-0.25, -0.2) is 0 Å². The molecule has 4 heteroatoms. The summed E-state index contributed by atoms with van der Waals surface area (Å²) in [4.78, 5) is 5.55. The number of nitrogens with zero attached hydrogens (tertiary/aromatic N) is 1. The topological polar surface area (TPSA) is 50.9 Å². The van der Waals surface area contributed by atoms with Crippen LogP contribution in [0, 0.1) is 5.92 Å². The van der Waals surface area contributed by atoms with Crippen molar-refractivity contribution in [2.45, 2.75) is 25.3 Å². The van der Waals surface area contributed by atoms with Crippen molar-refractivity contribution < 1.29 is 0 Å². The second-order valence-electron chi connectivity index (χ2n) is 4.05. The van der Waals surface area contributed by atoms with Crippen molar-refractivity contribution in [1.29, 1.82) is 0 Å². The predicted octanol–water partition coefficient (Wildman–Crippen LogP) is 1.18. The molecule has 0 spiro atoms. The molecule has 3 atom stereocenters. The Hall–Kier alpha value is -0.450. The van der Waals surface area contributed by atoms with Crippen LogP contribution in [0.2, 0.25) is 0 Å². The number of rotatable bonds is 2. The van der Waals surface area contributed by atoms with Gasteiger partial charge in [0.2, 0.25) is 0 Å². The summed E-state index contributed by atoms with van der Waals surface area (Å²) in [5, 5.41) is 3.48. The molecule has 78 valence electrons. The normalized spacial score (nSPS) is 33.1. The van der Waals surface area contributed by atoms with E-state index >= 15 is 0 Å². The molecule has 3 nitrogen and oxygen atoms in total. The van der Waals surface area contributed by atoms with Crippen molar-refractivity contribution in [3.8, 4) is 0 Å². The largest absolute Gasteiger partial charge is 0.330 e. The molecule has 1 saturated heterocycles. The number of nitrogens with two attached hydrogens (primary N) is 1. The molecule has 0 saturated carbocycles. The van der Waals surface area contributed by atoms with Crippen LogP contribution in [0.4, 0.5) is 0 Å². The van der Waals surface area contributed by atoms with Gasteiger partial charge in [0, 0.05) is 29.6 Å². The zero-order chi connectivity index (χ0) is 9.97. The molecule has 0 amide bonds. The molecule has 2 heterocycles. The zero-order valence-electron chi connectivity index (χ0n) is 8.44. The lowest BCUT2D eigenvalue weighted by atomic mass is 9.83. The van der Waals surface area contributed by atoms with E-state index in [1.165, 1.54) is 11.3 Å². The third-order valence-electron chi connectivity index (χ3n) is 3.02. The molecule has 3 unspecified atom stereocenters. The van der Waals surface area contributed by atoms with E-state index in [0.717, 1.165) is 13.1 Å². The SMILES string of the molecule is CC1CC(c2cncs2)C(CN)CN1. The predicted molar refractivity (Wildman–Crippen MR) is 59.5 cm³/mol. The van der Waals surface area contributed by atoms with Gasteiger partial charge in [-0.3, -0.25) is 4.98 Å². The summed E-state index contributed by atoms with van der Waals surface area (Å²) < 4.78 is 0. The molecule has 2 rings (SSSR count). The average molecular weight is 211 g/mol. The summed E-state index contributed by atoms with van der Waals surface area (Å²) in [6.07, 6.45) is 3.18. The van der Waals surface area contributed by atoms with E-state index in [1.54, 1.807) is 11.3 Å². The lowest BCUT2D eigenvalue weighted by molar-refractivity contribution is 0.288. The van der Waals surface area contributed by atoms with E-state index in [0.29, 0.717) is 17.9 Å². The van der Waals surface area contributed by atoms with Crippen molar-refractivity contribution in [2.75, 3.05) is 13.1 Å². The first-order valence-electron chi connectivity index (χ1n) is 5.13. The second-order valence-corrected chi connectivity index (χ2v) is 4.97. The summed E-state index contributed by atoms with van der Waals surface area (Å²) >= 11 is 1.76. The van der Waals surface area contributed by atoms with Crippen molar-refractivity contribution in [3.63, 3.8) is 0 Å². The van der Waals surface area contributed by atoms with Crippen LogP contribution in [-0.4, -0.2) is 24.1 Å². The van der Waals surface area contributed by atoms with Crippen LogP contribution in [0.25, 0.3) is 0 Å². The van der Waals surface area contributed by atoms with Gasteiger partial charge in [-0.2, -0.15) is 0 Å². The first-order chi connectivity index (χ1) is 6.81. The summed E-state index contributed by atoms with van der Waals surface area (Å²) in [7, 11) is 0. The quantitative estimate of drug-likeness (QED) is 0.772. The molecule has 3 N–H and O–H groups in total. The number of nitrogens with one attached hydrogen (secondary N) is 1. The molecule has 1 aliphatic rings. The van der Waals surface area contributed by atoms with Crippen LogP contribution < -0.4 is 11.1 Å². The van der Waals surface area contributed by atoms with Crippen molar-refractivity contribution >= 4 is 11.3 Å². The summed E-state index contributed by atoms with van der Waals surface area (Å²) in [6, 6.07) is 0.602. The lowest BCUT2D eigenvalue weighted by Crippen LogP contribution is -2.43. The van der Waals surface area contributed by atoms with Crippen LogP contribution in [0.1, 0.15) is 24.1 Å². The summed E-state index contributed by atoms with van der Waals surface area (Å²) in [5.41, 5.74) is 7.70. The van der Waals surface area contributed by atoms with Crippen LogP contribution in [0.5, 0.6) is 0 Å². The number of hydrogen-bond donors (Lipinski definition) is 2. The van der Waals surface area contributed by atoms with E-state index in [2.05, 4.69) is 17.2 Å². The third kappa shape index (κ3) is 1.97. The molecule has 0 bridgehead atoms. The van der Waals surface area contributed by atoms with E-state index in [9.17, 15) is 0 Å². The minimum atomic E-state index is 0.576. The first kappa shape index (κ1) is 10.1. The number of hydrogen-bond acceptors (Lipinski definition) is 4. The fourth-order valence-electron chi connectivity index (χ4n) is 2.16. The van der Waals surface area contributed by atoms with Gasteiger partial charge in [-0.05, 0) is 25.8 Å². The summed E-state index contributed by atoms with van der Waals surface area (Å²) in [5.74, 6) is 1.19. The van der Waals surface area contributed by atoms with Gasteiger partial charge in [0.15, 0.2) is 0 Å². The van der Waals surface area contributed by atoms with Crippen molar-refractivity contribution in [2.24, 2.45) is 11.7 Å². The molecule has 1 aromatic rings. The van der Waals surface area contributed by atoms with Gasteiger partial charge in [-0.1, -0.05) is 0 Å². The molecule has 14 heavy (non-hydrogen) atoms. The third-order valence-corrected chi connectivity index (χ3v) is 3.93. The molecule has 0 aliphatic carbocycles. The summed E-state index contributed by atoms with van der Waals surface area (Å²) in [6.45, 7) is 4.04. The maximum absolute atomic E-state index is 5.79. The maximum Gasteiger partial charge on any atom is 0.0794 e. The Kier molecular flexibility index (Phi) is 3.15. The Balaban J connectivity index is 2.13. The highest BCUT2D eigenvalue weighted by atomic mass is 32.1. The molecule has 1 fully saturated rings. The van der Waals surface area contributed by atoms with E-state index in [4.69, 9.17) is 5.73 Å². The molecule has 0 radical (unpaired) electrons. The van der Waals surface area contributed by atoms with Gasteiger partial charge >= 0.3 is 0 Å². The van der Waals surface area contributed by atoms with Crippen molar-refractivity contribution in [1.82, 2.24) is 10.3 Å². The lowest BCUT2D eigenvalue weighted by Gasteiger charge is -2.34. The molecular weight excluding hydrogens is 194 g/mol. The number of aromatic nitrogens is 1. The fourth-order valence-corrected chi connectivity index (χ4v) is 2.98. The van der Waals surface area contributed by atoms with E-state index in [-0.39, 0.29) is 0 Å². The highest BCUT2D eigenvalue weighted by Gasteiger charge is 2.29. The minimum absolute atomic E-state index is 0.576. The van der Waals surface area contributed by atoms with Gasteiger partial charge in [0.1, 0.15) is 0 Å². The Bertz CT molecular complexity index is 273. The number of piperidine rings is 1. The average Bonchev–Trinajstić information content (AvgIpc) is 2.70. The minimum Gasteiger partial charge on any atom is -0.330 e. The monoisotopic (exact) mass is 211 g/mol. The Morgan fingerprint density at radius 3 is 3.21 bits per heavy atom. The maximum atomic E-state index is 5.79. The Labute approximate surface area is 88.7 Å². The highest BCUT2D eigenvalue weighted by molar-refractivity contribution is 7.09. The van der Waals surface area contributed by atoms with E-state index < -0.39 is 0 Å². The Morgan fingerprint density at radius 1 is 1.71 bits per heavy atom. The van der Waals surface area contributed by atoms with Crippen molar-refractivity contribution in [3.05, 3.63) is 16.6 Å². The smallest absolute Gasteiger partial charge is 0.0794 e. The molecule has 0 aromatic carbocycles. The standard InChI is InChI=1S/C10H17N3S/c1-7-2-9(8(3-11)4-13-7)10-5-12-6-14-10/h5-9,13H,2-4,11H2,1H3. The van der Waals surface area contributed by atoms with Gasteiger partial charge < -0.3 is 11.1 Å².